The average Bonchev–Trinajstić information content (AvgIpc) is 2.63. The van der Waals surface area contributed by atoms with E-state index in [0.29, 0.717) is 16.4 Å². The maximum atomic E-state index is 13.8. The molecule has 0 aromatic heterocycles. The van der Waals surface area contributed by atoms with Gasteiger partial charge in [0.05, 0.1) is 17.7 Å². The van der Waals surface area contributed by atoms with Crippen LogP contribution in [0.1, 0.15) is 32.4 Å². The number of hydrogen-bond donors (Lipinski definition) is 1. The molecule has 0 saturated carbocycles. The number of nitrogens with zero attached hydrogens (tertiary/aromatic N) is 1. The number of hydrogen-bond acceptors (Lipinski definition) is 3. The van der Waals surface area contributed by atoms with Gasteiger partial charge in [0.15, 0.2) is 16.7 Å². The van der Waals surface area contributed by atoms with Crippen LogP contribution in [-0.2, 0) is 9.53 Å². The summed E-state index contributed by atoms with van der Waals surface area (Å²) < 4.78 is 32.6. The van der Waals surface area contributed by atoms with Crippen LogP contribution in [0.4, 0.5) is 14.5 Å². The van der Waals surface area contributed by atoms with Crippen molar-refractivity contribution in [3.63, 3.8) is 0 Å². The molecule has 1 aliphatic rings. The smallest absolute Gasteiger partial charge is 0.338 e. The Morgan fingerprint density at radius 1 is 1.14 bits per heavy atom. The fourth-order valence-corrected chi connectivity index (χ4v) is 3.48. The molecule has 2 aromatic rings. The average molecular weight is 402 g/mol. The Morgan fingerprint density at radius 2 is 1.82 bits per heavy atom. The van der Waals surface area contributed by atoms with Gasteiger partial charge >= 0.3 is 5.97 Å². The highest BCUT2D eigenvalue weighted by molar-refractivity contribution is 7.80. The number of rotatable bonds is 4. The standard InChI is InChI=1S/C21H20F2N2O2S/c1-12(2)27-20(26)18-13(3)25(15-7-5-4-6-8-15)21(28)24-19(18)14-9-10-16(22)17(23)11-14/h4-12,19H,1-3H3,(H,24,28)/t19-/m0/s1. The number of esters is 1. The molecule has 28 heavy (non-hydrogen) atoms. The van der Waals surface area contributed by atoms with Gasteiger partial charge in [-0.1, -0.05) is 24.3 Å². The number of para-hydroxylation sites is 1. The summed E-state index contributed by atoms with van der Waals surface area (Å²) in [4.78, 5) is 14.6. The molecule has 146 valence electrons. The summed E-state index contributed by atoms with van der Waals surface area (Å²) in [5.41, 5.74) is 2.01. The quantitative estimate of drug-likeness (QED) is 0.597. The number of nitrogens with one attached hydrogen (secondary N) is 1. The SMILES string of the molecule is CC1=C(C(=O)OC(C)C)[C@H](c2ccc(F)c(F)c2)NC(=S)N1c1ccccc1. The van der Waals surface area contributed by atoms with Crippen molar-refractivity contribution in [2.75, 3.05) is 4.90 Å². The minimum absolute atomic E-state index is 0.289. The first kappa shape index (κ1) is 19.9. The molecular weight excluding hydrogens is 382 g/mol. The molecule has 2 aromatic carbocycles. The predicted octanol–water partition coefficient (Wildman–Crippen LogP) is 4.63. The summed E-state index contributed by atoms with van der Waals surface area (Å²) >= 11 is 5.51. The summed E-state index contributed by atoms with van der Waals surface area (Å²) in [6.07, 6.45) is -0.336. The normalized spacial score (nSPS) is 17.0. The third-order valence-corrected chi connectivity index (χ3v) is 4.64. The van der Waals surface area contributed by atoms with Crippen molar-refractivity contribution in [2.24, 2.45) is 0 Å². The molecule has 1 aliphatic heterocycles. The summed E-state index contributed by atoms with van der Waals surface area (Å²) in [5.74, 6) is -2.50. The van der Waals surface area contributed by atoms with Crippen LogP contribution in [0.25, 0.3) is 0 Å². The maximum Gasteiger partial charge on any atom is 0.338 e. The Labute approximate surface area is 167 Å². The van der Waals surface area contributed by atoms with Gasteiger partial charge in [0.2, 0.25) is 0 Å². The Morgan fingerprint density at radius 3 is 2.43 bits per heavy atom. The van der Waals surface area contributed by atoms with Gasteiger partial charge in [0, 0.05) is 11.4 Å². The maximum absolute atomic E-state index is 13.8. The monoisotopic (exact) mass is 402 g/mol. The number of benzene rings is 2. The first-order valence-corrected chi connectivity index (χ1v) is 9.22. The van der Waals surface area contributed by atoms with Crippen molar-refractivity contribution in [3.05, 3.63) is 77.0 Å². The van der Waals surface area contributed by atoms with Crippen LogP contribution in [0, 0.1) is 11.6 Å². The second-order valence-corrected chi connectivity index (χ2v) is 7.07. The number of halogens is 2. The number of allylic oxidation sites excluding steroid dienone is 1. The predicted molar refractivity (Wildman–Crippen MR) is 108 cm³/mol. The van der Waals surface area contributed by atoms with Crippen LogP contribution in [0.2, 0.25) is 0 Å². The van der Waals surface area contributed by atoms with Crippen molar-refractivity contribution in [3.8, 4) is 0 Å². The molecule has 0 radical (unpaired) electrons. The second kappa shape index (κ2) is 8.06. The second-order valence-electron chi connectivity index (χ2n) is 6.68. The molecule has 0 spiro atoms. The van der Waals surface area contributed by atoms with Gasteiger partial charge in [-0.05, 0) is 62.8 Å². The van der Waals surface area contributed by atoms with E-state index in [2.05, 4.69) is 5.32 Å². The Kier molecular flexibility index (Phi) is 5.74. The molecule has 0 aliphatic carbocycles. The summed E-state index contributed by atoms with van der Waals surface area (Å²) in [6.45, 7) is 5.25. The highest BCUT2D eigenvalue weighted by Crippen LogP contribution is 2.34. The third kappa shape index (κ3) is 3.89. The van der Waals surface area contributed by atoms with Crippen LogP contribution in [-0.4, -0.2) is 17.2 Å². The zero-order valence-electron chi connectivity index (χ0n) is 15.7. The lowest BCUT2D eigenvalue weighted by Gasteiger charge is -2.37. The molecule has 1 heterocycles. The van der Waals surface area contributed by atoms with Gasteiger partial charge in [0.25, 0.3) is 0 Å². The summed E-state index contributed by atoms with van der Waals surface area (Å²) in [7, 11) is 0. The minimum Gasteiger partial charge on any atom is -0.459 e. The topological polar surface area (TPSA) is 41.6 Å². The lowest BCUT2D eigenvalue weighted by molar-refractivity contribution is -0.143. The number of anilines is 1. The lowest BCUT2D eigenvalue weighted by atomic mass is 9.94. The van der Waals surface area contributed by atoms with Crippen LogP contribution in [0.15, 0.2) is 59.8 Å². The first-order valence-electron chi connectivity index (χ1n) is 8.82. The molecule has 0 bridgehead atoms. The van der Waals surface area contributed by atoms with Crippen molar-refractivity contribution < 1.29 is 18.3 Å². The summed E-state index contributed by atoms with van der Waals surface area (Å²) in [5, 5.41) is 3.42. The number of ether oxygens (including phenoxy) is 1. The van der Waals surface area contributed by atoms with E-state index in [9.17, 15) is 13.6 Å². The summed E-state index contributed by atoms with van der Waals surface area (Å²) in [6, 6.07) is 12.1. The van der Waals surface area contributed by atoms with Crippen LogP contribution in [0.5, 0.6) is 0 Å². The van der Waals surface area contributed by atoms with Gasteiger partial charge in [-0.15, -0.1) is 0 Å². The molecular formula is C21H20F2N2O2S. The molecule has 1 atom stereocenters. The molecule has 3 rings (SSSR count). The number of thiocarbonyl (C=S) groups is 1. The molecule has 4 nitrogen and oxygen atoms in total. The van der Waals surface area contributed by atoms with Crippen molar-refractivity contribution in [1.82, 2.24) is 5.32 Å². The van der Waals surface area contributed by atoms with E-state index in [4.69, 9.17) is 17.0 Å². The molecule has 0 unspecified atom stereocenters. The fraction of sp³-hybridized carbons (Fsp3) is 0.238. The van der Waals surface area contributed by atoms with E-state index in [-0.39, 0.29) is 11.7 Å². The number of carbonyl (C=O) groups excluding carboxylic acids is 1. The zero-order valence-corrected chi connectivity index (χ0v) is 16.5. The van der Waals surface area contributed by atoms with Gasteiger partial charge in [-0.25, -0.2) is 13.6 Å². The molecule has 7 heteroatoms. The molecule has 0 amide bonds. The largest absolute Gasteiger partial charge is 0.459 e. The lowest BCUT2D eigenvalue weighted by Crippen LogP contribution is -2.48. The van der Waals surface area contributed by atoms with E-state index in [1.807, 2.05) is 30.3 Å². The van der Waals surface area contributed by atoms with Crippen LogP contribution < -0.4 is 10.2 Å². The van der Waals surface area contributed by atoms with Crippen LogP contribution in [0.3, 0.4) is 0 Å². The molecule has 0 fully saturated rings. The highest BCUT2D eigenvalue weighted by Gasteiger charge is 2.36. The van der Waals surface area contributed by atoms with Crippen LogP contribution >= 0.6 is 12.2 Å². The third-order valence-electron chi connectivity index (χ3n) is 4.34. The Bertz CT molecular complexity index is 945. The fourth-order valence-electron chi connectivity index (χ4n) is 3.11. The van der Waals surface area contributed by atoms with Gasteiger partial charge in [0.1, 0.15) is 0 Å². The van der Waals surface area contributed by atoms with Gasteiger partial charge in [-0.2, -0.15) is 0 Å². The van der Waals surface area contributed by atoms with E-state index < -0.39 is 23.6 Å². The van der Waals surface area contributed by atoms with Crippen molar-refractivity contribution in [1.29, 1.82) is 0 Å². The van der Waals surface area contributed by atoms with E-state index >= 15 is 0 Å². The highest BCUT2D eigenvalue weighted by atomic mass is 32.1. The van der Waals surface area contributed by atoms with E-state index in [1.165, 1.54) is 6.07 Å². The van der Waals surface area contributed by atoms with E-state index in [0.717, 1.165) is 17.8 Å². The first-order chi connectivity index (χ1) is 13.3. The van der Waals surface area contributed by atoms with Gasteiger partial charge in [-0.3, -0.25) is 4.90 Å². The minimum atomic E-state index is -0.995. The zero-order chi connectivity index (χ0) is 20.4. The number of carbonyl (C=O) groups is 1. The molecule has 0 saturated heterocycles. The Hall–Kier alpha value is -2.80. The van der Waals surface area contributed by atoms with Crippen molar-refractivity contribution >= 4 is 29.0 Å². The molecule has 1 N–H and O–H groups in total. The van der Waals surface area contributed by atoms with Crippen molar-refractivity contribution in [2.45, 2.75) is 32.9 Å². The van der Waals surface area contributed by atoms with Gasteiger partial charge < -0.3 is 10.1 Å². The van der Waals surface area contributed by atoms with E-state index in [1.54, 1.807) is 25.7 Å². The Balaban J connectivity index is 2.14.